The fourth-order valence-electron chi connectivity index (χ4n) is 1.77. The third-order valence-corrected chi connectivity index (χ3v) is 4.16. The fraction of sp³-hybridized carbons (Fsp3) is 0.417. The maximum Gasteiger partial charge on any atom is 0.232 e. The lowest BCUT2D eigenvalue weighted by molar-refractivity contribution is 0.598. The number of aromatic nitrogens is 2. The van der Waals surface area contributed by atoms with Gasteiger partial charge in [-0.1, -0.05) is 13.3 Å². The minimum atomic E-state index is -3.24. The Morgan fingerprint density at radius 3 is 2.89 bits per heavy atom. The first-order valence-corrected chi connectivity index (χ1v) is 7.59. The van der Waals surface area contributed by atoms with Gasteiger partial charge in [-0.2, -0.15) is 5.10 Å². The number of benzene rings is 1. The maximum absolute atomic E-state index is 11.8. The molecule has 1 heterocycles. The van der Waals surface area contributed by atoms with Gasteiger partial charge in [-0.15, -0.1) is 0 Å². The van der Waals surface area contributed by atoms with E-state index < -0.39 is 10.0 Å². The van der Waals surface area contributed by atoms with Crippen molar-refractivity contribution in [1.82, 2.24) is 9.78 Å². The summed E-state index contributed by atoms with van der Waals surface area (Å²) < 4.78 is 27.9. The van der Waals surface area contributed by atoms with Crippen molar-refractivity contribution in [3.05, 3.63) is 24.4 Å². The van der Waals surface area contributed by atoms with Gasteiger partial charge < -0.3 is 0 Å². The second kappa shape index (κ2) is 4.97. The predicted octanol–water partition coefficient (Wildman–Crippen LogP) is 2.12. The lowest BCUT2D eigenvalue weighted by Gasteiger charge is -2.07. The molecule has 0 aliphatic carbocycles. The van der Waals surface area contributed by atoms with Crippen LogP contribution in [0.25, 0.3) is 10.9 Å². The van der Waals surface area contributed by atoms with Crippen molar-refractivity contribution >= 4 is 26.6 Å². The monoisotopic (exact) mass is 267 g/mol. The molecule has 0 fully saturated rings. The van der Waals surface area contributed by atoms with Gasteiger partial charge in [0.1, 0.15) is 0 Å². The Hall–Kier alpha value is -1.56. The molecular formula is C12H17N3O2S. The number of aryl methyl sites for hydroxylation is 1. The van der Waals surface area contributed by atoms with Gasteiger partial charge in [-0.25, -0.2) is 8.42 Å². The molecule has 0 atom stereocenters. The van der Waals surface area contributed by atoms with Gasteiger partial charge in [0.25, 0.3) is 0 Å². The summed E-state index contributed by atoms with van der Waals surface area (Å²) in [7, 11) is -1.41. The highest BCUT2D eigenvalue weighted by Crippen LogP contribution is 2.19. The molecule has 5 nitrogen and oxygen atoms in total. The number of nitrogens with one attached hydrogen (secondary N) is 1. The number of hydrogen-bond acceptors (Lipinski definition) is 3. The Labute approximate surface area is 107 Å². The van der Waals surface area contributed by atoms with Crippen LogP contribution in [0.5, 0.6) is 0 Å². The second-order valence-corrected chi connectivity index (χ2v) is 6.16. The van der Waals surface area contributed by atoms with E-state index in [-0.39, 0.29) is 5.75 Å². The van der Waals surface area contributed by atoms with E-state index in [1.807, 2.05) is 20.0 Å². The Morgan fingerprint density at radius 1 is 1.39 bits per heavy atom. The molecule has 0 unspecified atom stereocenters. The number of fused-ring (bicyclic) bond motifs is 1. The molecule has 0 spiro atoms. The van der Waals surface area contributed by atoms with Crippen molar-refractivity contribution < 1.29 is 8.42 Å². The molecule has 0 saturated carbocycles. The quantitative estimate of drug-likeness (QED) is 0.902. The molecule has 18 heavy (non-hydrogen) atoms. The van der Waals surface area contributed by atoms with Gasteiger partial charge in [0, 0.05) is 12.4 Å². The van der Waals surface area contributed by atoms with Gasteiger partial charge in [-0.05, 0) is 24.6 Å². The molecule has 98 valence electrons. The Bertz CT molecular complexity index is 646. The van der Waals surface area contributed by atoms with E-state index in [2.05, 4.69) is 9.82 Å². The molecule has 0 amide bonds. The summed E-state index contributed by atoms with van der Waals surface area (Å²) >= 11 is 0. The van der Waals surface area contributed by atoms with Crippen molar-refractivity contribution in [1.29, 1.82) is 0 Å². The van der Waals surface area contributed by atoms with Crippen LogP contribution in [0.3, 0.4) is 0 Å². The molecule has 6 heteroatoms. The first-order valence-electron chi connectivity index (χ1n) is 5.94. The van der Waals surface area contributed by atoms with Crippen molar-refractivity contribution in [2.75, 3.05) is 10.5 Å². The number of rotatable bonds is 5. The van der Waals surface area contributed by atoms with Crippen LogP contribution in [-0.2, 0) is 17.1 Å². The molecule has 0 saturated heterocycles. The second-order valence-electron chi connectivity index (χ2n) is 4.32. The molecule has 1 N–H and O–H groups in total. The molecule has 2 rings (SSSR count). The van der Waals surface area contributed by atoms with E-state index in [9.17, 15) is 8.42 Å². The average molecular weight is 267 g/mol. The number of nitrogens with zero attached hydrogens (tertiary/aromatic N) is 2. The first kappa shape index (κ1) is 12.9. The molecule has 2 aromatic rings. The van der Waals surface area contributed by atoms with Crippen LogP contribution >= 0.6 is 0 Å². The van der Waals surface area contributed by atoms with Crippen molar-refractivity contribution in [3.63, 3.8) is 0 Å². The predicted molar refractivity (Wildman–Crippen MR) is 73.0 cm³/mol. The summed E-state index contributed by atoms with van der Waals surface area (Å²) in [5.41, 5.74) is 1.49. The van der Waals surface area contributed by atoms with Crippen molar-refractivity contribution in [2.24, 2.45) is 7.05 Å². The minimum absolute atomic E-state index is 0.160. The molecule has 1 aromatic carbocycles. The lowest BCUT2D eigenvalue weighted by atomic mass is 10.2. The summed E-state index contributed by atoms with van der Waals surface area (Å²) in [6, 6.07) is 5.42. The highest BCUT2D eigenvalue weighted by atomic mass is 32.2. The summed E-state index contributed by atoms with van der Waals surface area (Å²) in [5, 5.41) is 5.12. The van der Waals surface area contributed by atoms with Gasteiger partial charge in [-0.3, -0.25) is 9.40 Å². The molecular weight excluding hydrogens is 250 g/mol. The van der Waals surface area contributed by atoms with Crippen LogP contribution in [0.15, 0.2) is 24.4 Å². The molecule has 0 bridgehead atoms. The van der Waals surface area contributed by atoms with E-state index in [1.165, 1.54) is 0 Å². The zero-order chi connectivity index (χ0) is 13.2. The van der Waals surface area contributed by atoms with Gasteiger partial charge in [0.2, 0.25) is 10.0 Å². The molecule has 0 aliphatic rings. The Kier molecular flexibility index (Phi) is 3.56. The van der Waals surface area contributed by atoms with Crippen LogP contribution in [0.1, 0.15) is 19.8 Å². The SMILES string of the molecule is CCCCS(=O)(=O)Nc1ccc2cnn(C)c2c1. The van der Waals surface area contributed by atoms with E-state index in [0.29, 0.717) is 12.1 Å². The van der Waals surface area contributed by atoms with Crippen LogP contribution < -0.4 is 4.72 Å². The summed E-state index contributed by atoms with van der Waals surface area (Å²) in [5.74, 6) is 0.160. The summed E-state index contributed by atoms with van der Waals surface area (Å²) in [6.45, 7) is 1.97. The highest BCUT2D eigenvalue weighted by Gasteiger charge is 2.10. The smallest absolute Gasteiger partial charge is 0.232 e. The van der Waals surface area contributed by atoms with E-state index in [4.69, 9.17) is 0 Å². The summed E-state index contributed by atoms with van der Waals surface area (Å²) in [6.07, 6.45) is 3.29. The number of anilines is 1. The van der Waals surface area contributed by atoms with E-state index in [0.717, 1.165) is 17.3 Å². The minimum Gasteiger partial charge on any atom is -0.283 e. The summed E-state index contributed by atoms with van der Waals surface area (Å²) in [4.78, 5) is 0. The maximum atomic E-state index is 11.8. The van der Waals surface area contributed by atoms with E-state index in [1.54, 1.807) is 23.0 Å². The zero-order valence-corrected chi connectivity index (χ0v) is 11.4. The lowest BCUT2D eigenvalue weighted by Crippen LogP contribution is -2.16. The standard InChI is InChI=1S/C12H17N3O2S/c1-3-4-7-18(16,17)14-11-6-5-10-9-13-15(2)12(10)8-11/h5-6,8-9,14H,3-4,7H2,1-2H3. The molecule has 1 aromatic heterocycles. The third kappa shape index (κ3) is 2.81. The van der Waals surface area contributed by atoms with Crippen LogP contribution in [0.4, 0.5) is 5.69 Å². The van der Waals surface area contributed by atoms with Crippen molar-refractivity contribution in [2.45, 2.75) is 19.8 Å². The average Bonchev–Trinajstić information content (AvgIpc) is 2.68. The van der Waals surface area contributed by atoms with Gasteiger partial charge >= 0.3 is 0 Å². The zero-order valence-electron chi connectivity index (χ0n) is 10.5. The van der Waals surface area contributed by atoms with Crippen LogP contribution in [-0.4, -0.2) is 24.0 Å². The van der Waals surface area contributed by atoms with Gasteiger partial charge in [0.05, 0.1) is 23.2 Å². The number of hydrogen-bond donors (Lipinski definition) is 1. The van der Waals surface area contributed by atoms with Crippen LogP contribution in [0, 0.1) is 0 Å². The van der Waals surface area contributed by atoms with E-state index >= 15 is 0 Å². The number of unbranched alkanes of at least 4 members (excludes halogenated alkanes) is 1. The topological polar surface area (TPSA) is 64.0 Å². The third-order valence-electron chi connectivity index (χ3n) is 2.79. The first-order chi connectivity index (χ1) is 8.52. The normalized spacial score (nSPS) is 11.9. The van der Waals surface area contributed by atoms with Crippen LogP contribution in [0.2, 0.25) is 0 Å². The van der Waals surface area contributed by atoms with Crippen molar-refractivity contribution in [3.8, 4) is 0 Å². The fourth-order valence-corrected chi connectivity index (χ4v) is 3.03. The molecule has 0 aliphatic heterocycles. The van der Waals surface area contributed by atoms with Gasteiger partial charge in [0.15, 0.2) is 0 Å². The molecule has 0 radical (unpaired) electrons. The highest BCUT2D eigenvalue weighted by molar-refractivity contribution is 7.92. The Balaban J connectivity index is 2.24. The Morgan fingerprint density at radius 2 is 2.17 bits per heavy atom. The largest absolute Gasteiger partial charge is 0.283 e. The number of sulfonamides is 1.